The van der Waals surface area contributed by atoms with Crippen LogP contribution >= 0.6 is 0 Å². The molecule has 2 heterocycles. The Morgan fingerprint density at radius 2 is 1.87 bits per heavy atom. The summed E-state index contributed by atoms with van der Waals surface area (Å²) in [6.45, 7) is 8.06. The van der Waals surface area contributed by atoms with Gasteiger partial charge in [0.05, 0.1) is 23.0 Å². The minimum atomic E-state index is -3.66. The van der Waals surface area contributed by atoms with E-state index in [9.17, 15) is 13.2 Å². The summed E-state index contributed by atoms with van der Waals surface area (Å²) in [5, 5.41) is 2.80. The fraction of sp³-hybridized carbons (Fsp3) is 0.429. The number of benzene rings is 1. The van der Waals surface area contributed by atoms with Crippen LogP contribution in [-0.4, -0.2) is 36.2 Å². The van der Waals surface area contributed by atoms with Crippen molar-refractivity contribution < 1.29 is 13.2 Å². The number of hydrogen-bond acceptors (Lipinski definition) is 6. The second kappa shape index (κ2) is 8.51. The highest BCUT2D eigenvalue weighted by molar-refractivity contribution is 7.90. The van der Waals surface area contributed by atoms with Gasteiger partial charge in [0.25, 0.3) is 10.0 Å². The first-order chi connectivity index (χ1) is 14.1. The lowest BCUT2D eigenvalue weighted by Crippen LogP contribution is -2.31. The van der Waals surface area contributed by atoms with Gasteiger partial charge in [0, 0.05) is 11.0 Å². The van der Waals surface area contributed by atoms with Gasteiger partial charge in [0.15, 0.2) is 0 Å². The molecule has 0 fully saturated rings. The number of unbranched alkanes of at least 4 members (excludes halogenated alkanes) is 1. The molecule has 0 radical (unpaired) electrons. The Hall–Kier alpha value is -2.81. The van der Waals surface area contributed by atoms with Crippen LogP contribution < -0.4 is 10.0 Å². The summed E-state index contributed by atoms with van der Waals surface area (Å²) in [5.41, 5.74) is 0.761. The lowest BCUT2D eigenvalue weighted by Gasteiger charge is -2.17. The Morgan fingerprint density at radius 1 is 1.20 bits per heavy atom. The van der Waals surface area contributed by atoms with Gasteiger partial charge in [-0.25, -0.2) is 18.4 Å². The molecule has 3 rings (SSSR count). The van der Waals surface area contributed by atoms with E-state index in [1.807, 2.05) is 27.7 Å². The molecule has 9 heteroatoms. The van der Waals surface area contributed by atoms with Crippen LogP contribution in [0.2, 0.25) is 0 Å². The lowest BCUT2D eigenvalue weighted by atomic mass is 9.96. The fourth-order valence-corrected chi connectivity index (χ4v) is 4.28. The largest absolute Gasteiger partial charge is 0.322 e. The molecule has 2 aromatic rings. The van der Waals surface area contributed by atoms with Crippen molar-refractivity contribution in [2.45, 2.75) is 63.3 Å². The zero-order chi connectivity index (χ0) is 21.9. The quantitative estimate of drug-likeness (QED) is 0.733. The SMILES string of the molecule is CCCCC(N=C1NS(=O)(=O)c2ccccc21)C(=O)Nc1cnc(C(C)(C)C)nc1. The molecule has 0 saturated carbocycles. The van der Waals surface area contributed by atoms with Gasteiger partial charge in [-0.05, 0) is 18.6 Å². The predicted octanol–water partition coefficient (Wildman–Crippen LogP) is 3.01. The average Bonchev–Trinajstić information content (AvgIpc) is 2.95. The van der Waals surface area contributed by atoms with E-state index in [4.69, 9.17) is 0 Å². The van der Waals surface area contributed by atoms with Crippen molar-refractivity contribution in [2.24, 2.45) is 4.99 Å². The number of fused-ring (bicyclic) bond motifs is 1. The summed E-state index contributed by atoms with van der Waals surface area (Å²) in [5.74, 6) is 0.549. The number of nitrogens with one attached hydrogen (secondary N) is 2. The van der Waals surface area contributed by atoms with Crippen molar-refractivity contribution in [3.05, 3.63) is 48.0 Å². The van der Waals surface area contributed by atoms with E-state index < -0.39 is 16.1 Å². The molecular weight excluding hydrogens is 402 g/mol. The summed E-state index contributed by atoms with van der Waals surface area (Å²) in [4.78, 5) is 26.2. The number of rotatable bonds is 6. The Morgan fingerprint density at radius 3 is 2.50 bits per heavy atom. The lowest BCUT2D eigenvalue weighted by molar-refractivity contribution is -0.117. The van der Waals surface area contributed by atoms with E-state index in [0.717, 1.165) is 12.8 Å². The second-order valence-electron chi connectivity index (χ2n) is 8.27. The molecule has 1 atom stereocenters. The maximum atomic E-state index is 12.9. The standard InChI is InChI=1S/C21H27N5O3S/c1-5-6-10-16(19(27)24-14-12-22-20(23-13-14)21(2,3)4)25-18-15-9-7-8-11-17(15)30(28,29)26-18/h7-9,11-13,16H,5-6,10H2,1-4H3,(H,24,27)(H,25,26). The van der Waals surface area contributed by atoms with Crippen LogP contribution in [0.3, 0.4) is 0 Å². The van der Waals surface area contributed by atoms with Crippen molar-refractivity contribution >= 4 is 27.5 Å². The first-order valence-corrected chi connectivity index (χ1v) is 11.4. The topological polar surface area (TPSA) is 113 Å². The number of amides is 1. The number of hydrogen-bond donors (Lipinski definition) is 2. The highest BCUT2D eigenvalue weighted by atomic mass is 32.2. The summed E-state index contributed by atoms with van der Waals surface area (Å²) in [6.07, 6.45) is 5.31. The molecule has 2 N–H and O–H groups in total. The third-order valence-electron chi connectivity index (χ3n) is 4.67. The zero-order valence-corrected chi connectivity index (χ0v) is 18.5. The number of carbonyl (C=O) groups excluding carboxylic acids is 1. The molecule has 160 valence electrons. The van der Waals surface area contributed by atoms with E-state index in [0.29, 0.717) is 23.5 Å². The van der Waals surface area contributed by atoms with Gasteiger partial charge in [0.2, 0.25) is 5.91 Å². The fourth-order valence-electron chi connectivity index (χ4n) is 3.04. The van der Waals surface area contributed by atoms with Gasteiger partial charge in [-0.1, -0.05) is 52.7 Å². The number of anilines is 1. The Bertz CT molecular complexity index is 1060. The van der Waals surface area contributed by atoms with Crippen molar-refractivity contribution in [1.82, 2.24) is 14.7 Å². The first kappa shape index (κ1) is 21.9. The number of nitrogens with zero attached hydrogens (tertiary/aromatic N) is 3. The normalized spacial score (nSPS) is 17.3. The average molecular weight is 430 g/mol. The van der Waals surface area contributed by atoms with Crippen LogP contribution in [-0.2, 0) is 20.2 Å². The Labute approximate surface area is 177 Å². The van der Waals surface area contributed by atoms with Crippen LogP contribution in [0.1, 0.15) is 58.3 Å². The molecule has 1 aromatic carbocycles. The van der Waals surface area contributed by atoms with Crippen molar-refractivity contribution in [1.29, 1.82) is 0 Å². The monoisotopic (exact) mass is 429 g/mol. The van der Waals surface area contributed by atoms with Gasteiger partial charge in [0.1, 0.15) is 17.7 Å². The first-order valence-electron chi connectivity index (χ1n) is 9.95. The minimum absolute atomic E-state index is 0.171. The molecule has 1 unspecified atom stereocenters. The predicted molar refractivity (Wildman–Crippen MR) is 116 cm³/mol. The summed E-state index contributed by atoms with van der Waals surface area (Å²) >= 11 is 0. The molecule has 1 amide bonds. The molecule has 1 aliphatic heterocycles. The summed E-state index contributed by atoms with van der Waals surface area (Å²) in [7, 11) is -3.66. The van der Waals surface area contributed by atoms with E-state index >= 15 is 0 Å². The molecule has 0 saturated heterocycles. The number of amidine groups is 1. The summed E-state index contributed by atoms with van der Waals surface area (Å²) < 4.78 is 27.1. The Balaban J connectivity index is 1.84. The third-order valence-corrected chi connectivity index (χ3v) is 6.07. The summed E-state index contributed by atoms with van der Waals surface area (Å²) in [6, 6.07) is 5.86. The van der Waals surface area contributed by atoms with Crippen LogP contribution in [0.25, 0.3) is 0 Å². The van der Waals surface area contributed by atoms with Crippen LogP contribution in [0.4, 0.5) is 5.69 Å². The number of aromatic nitrogens is 2. The van der Waals surface area contributed by atoms with Crippen molar-refractivity contribution in [3.63, 3.8) is 0 Å². The van der Waals surface area contributed by atoms with Crippen LogP contribution in [0.15, 0.2) is 46.5 Å². The van der Waals surface area contributed by atoms with E-state index in [1.165, 1.54) is 6.07 Å². The van der Waals surface area contributed by atoms with Crippen LogP contribution in [0.5, 0.6) is 0 Å². The second-order valence-corrected chi connectivity index (χ2v) is 9.92. The van der Waals surface area contributed by atoms with Crippen molar-refractivity contribution in [3.8, 4) is 0 Å². The number of aliphatic imine (C=N–C) groups is 1. The van der Waals surface area contributed by atoms with E-state index in [1.54, 1.807) is 30.6 Å². The third kappa shape index (κ3) is 4.84. The zero-order valence-electron chi connectivity index (χ0n) is 17.6. The molecule has 8 nitrogen and oxygen atoms in total. The smallest absolute Gasteiger partial charge is 0.263 e. The highest BCUT2D eigenvalue weighted by Gasteiger charge is 2.31. The Kier molecular flexibility index (Phi) is 6.21. The molecular formula is C21H27N5O3S. The maximum absolute atomic E-state index is 12.9. The molecule has 1 aromatic heterocycles. The maximum Gasteiger partial charge on any atom is 0.263 e. The van der Waals surface area contributed by atoms with Gasteiger partial charge in [-0.15, -0.1) is 0 Å². The van der Waals surface area contributed by atoms with Gasteiger partial charge in [-0.2, -0.15) is 0 Å². The minimum Gasteiger partial charge on any atom is -0.322 e. The van der Waals surface area contributed by atoms with Gasteiger partial charge >= 0.3 is 0 Å². The van der Waals surface area contributed by atoms with Crippen LogP contribution in [0, 0.1) is 0 Å². The number of carbonyl (C=O) groups is 1. The van der Waals surface area contributed by atoms with E-state index in [-0.39, 0.29) is 22.1 Å². The van der Waals surface area contributed by atoms with Gasteiger partial charge in [-0.3, -0.25) is 14.5 Å². The molecule has 0 bridgehead atoms. The van der Waals surface area contributed by atoms with E-state index in [2.05, 4.69) is 25.0 Å². The van der Waals surface area contributed by atoms with Crippen molar-refractivity contribution in [2.75, 3.05) is 5.32 Å². The molecule has 1 aliphatic rings. The molecule has 30 heavy (non-hydrogen) atoms. The van der Waals surface area contributed by atoms with Gasteiger partial charge < -0.3 is 5.32 Å². The highest BCUT2D eigenvalue weighted by Crippen LogP contribution is 2.23. The molecule has 0 spiro atoms. The number of sulfonamides is 1. The molecule has 0 aliphatic carbocycles.